The zero-order chi connectivity index (χ0) is 16.9. The van der Waals surface area contributed by atoms with Crippen LogP contribution in [-0.2, 0) is 6.54 Å². The highest BCUT2D eigenvalue weighted by Gasteiger charge is 2.11. The van der Waals surface area contributed by atoms with E-state index in [1.807, 2.05) is 6.92 Å². The summed E-state index contributed by atoms with van der Waals surface area (Å²) in [5, 5.41) is 9.86. The Balaban J connectivity index is 1.53. The van der Waals surface area contributed by atoms with Crippen LogP contribution in [0, 0.1) is 5.82 Å². The van der Waals surface area contributed by atoms with Gasteiger partial charge in [0.05, 0.1) is 30.2 Å². The fourth-order valence-corrected chi connectivity index (χ4v) is 2.22. The smallest absolute Gasteiger partial charge is 0.315 e. The van der Waals surface area contributed by atoms with Gasteiger partial charge in [-0.3, -0.25) is 0 Å². The highest BCUT2D eigenvalue weighted by atomic mass is 19.1. The Bertz CT molecular complexity index is 796. The molecule has 6 nitrogen and oxygen atoms in total. The van der Waals surface area contributed by atoms with Gasteiger partial charge >= 0.3 is 6.03 Å². The second kappa shape index (κ2) is 6.99. The molecule has 124 valence electrons. The van der Waals surface area contributed by atoms with Gasteiger partial charge in [-0.25, -0.2) is 13.9 Å². The monoisotopic (exact) mass is 328 g/mol. The van der Waals surface area contributed by atoms with Crippen molar-refractivity contribution in [3.63, 3.8) is 0 Å². The quantitative estimate of drug-likeness (QED) is 0.755. The fraction of sp³-hybridized carbons (Fsp3) is 0.176. The predicted molar refractivity (Wildman–Crippen MR) is 86.0 cm³/mol. The second-order valence-corrected chi connectivity index (χ2v) is 5.29. The molecule has 3 rings (SSSR count). The molecule has 3 aromatic rings. The fourth-order valence-electron chi connectivity index (χ4n) is 2.22. The SMILES string of the molecule is C[C@@H](NC(=O)NCc1ccn(-c2ccc(F)cc2)n1)c1ccco1. The number of aromatic nitrogens is 2. The van der Waals surface area contributed by atoms with Crippen LogP contribution in [0.2, 0.25) is 0 Å². The number of rotatable bonds is 5. The van der Waals surface area contributed by atoms with Crippen LogP contribution in [-0.4, -0.2) is 15.8 Å². The Morgan fingerprint density at radius 2 is 2.08 bits per heavy atom. The van der Waals surface area contributed by atoms with Gasteiger partial charge in [-0.2, -0.15) is 5.10 Å². The highest BCUT2D eigenvalue weighted by Crippen LogP contribution is 2.12. The Kier molecular flexibility index (Phi) is 4.60. The van der Waals surface area contributed by atoms with Crippen LogP contribution in [0.5, 0.6) is 0 Å². The van der Waals surface area contributed by atoms with Gasteiger partial charge in [0.25, 0.3) is 0 Å². The number of urea groups is 1. The van der Waals surface area contributed by atoms with E-state index < -0.39 is 0 Å². The molecule has 2 heterocycles. The van der Waals surface area contributed by atoms with Crippen molar-refractivity contribution in [3.05, 3.63) is 72.2 Å². The highest BCUT2D eigenvalue weighted by molar-refractivity contribution is 5.74. The summed E-state index contributed by atoms with van der Waals surface area (Å²) < 4.78 is 19.8. The molecule has 0 bridgehead atoms. The lowest BCUT2D eigenvalue weighted by Crippen LogP contribution is -2.36. The summed E-state index contributed by atoms with van der Waals surface area (Å²) in [7, 11) is 0. The predicted octanol–water partition coefficient (Wildman–Crippen LogP) is 3.16. The van der Waals surface area contributed by atoms with Gasteiger partial charge < -0.3 is 15.1 Å². The largest absolute Gasteiger partial charge is 0.467 e. The molecule has 2 N–H and O–H groups in total. The minimum absolute atomic E-state index is 0.225. The molecular weight excluding hydrogens is 311 g/mol. The zero-order valence-electron chi connectivity index (χ0n) is 13.1. The van der Waals surface area contributed by atoms with Gasteiger partial charge in [0.1, 0.15) is 11.6 Å². The number of carbonyl (C=O) groups is 1. The molecule has 1 aromatic carbocycles. The minimum atomic E-state index is -0.310. The van der Waals surface area contributed by atoms with Gasteiger partial charge in [0.15, 0.2) is 0 Å². The van der Waals surface area contributed by atoms with E-state index in [0.29, 0.717) is 11.5 Å². The number of hydrogen-bond donors (Lipinski definition) is 2. The number of carbonyl (C=O) groups excluding carboxylic acids is 1. The summed E-state index contributed by atoms with van der Waals surface area (Å²) in [6, 6.07) is 10.8. The molecule has 2 amide bonds. The molecule has 0 saturated heterocycles. The molecule has 0 aliphatic carbocycles. The number of nitrogens with one attached hydrogen (secondary N) is 2. The van der Waals surface area contributed by atoms with Gasteiger partial charge in [0, 0.05) is 6.20 Å². The van der Waals surface area contributed by atoms with Crippen LogP contribution in [0.25, 0.3) is 5.69 Å². The van der Waals surface area contributed by atoms with Gasteiger partial charge in [-0.15, -0.1) is 0 Å². The third-order valence-electron chi connectivity index (χ3n) is 3.48. The van der Waals surface area contributed by atoms with Crippen molar-refractivity contribution in [1.29, 1.82) is 0 Å². The van der Waals surface area contributed by atoms with E-state index in [-0.39, 0.29) is 24.4 Å². The average Bonchev–Trinajstić information content (AvgIpc) is 3.25. The number of furan rings is 1. The van der Waals surface area contributed by atoms with E-state index in [0.717, 1.165) is 5.69 Å². The second-order valence-electron chi connectivity index (χ2n) is 5.29. The molecule has 0 aliphatic heterocycles. The molecule has 24 heavy (non-hydrogen) atoms. The van der Waals surface area contributed by atoms with Crippen LogP contribution in [0.3, 0.4) is 0 Å². The Labute approximate surface area is 138 Å². The van der Waals surface area contributed by atoms with Gasteiger partial charge in [-0.1, -0.05) is 0 Å². The maximum atomic E-state index is 12.9. The first-order chi connectivity index (χ1) is 11.6. The van der Waals surface area contributed by atoms with E-state index in [9.17, 15) is 9.18 Å². The van der Waals surface area contributed by atoms with Crippen molar-refractivity contribution in [2.75, 3.05) is 0 Å². The van der Waals surface area contributed by atoms with E-state index in [2.05, 4.69) is 15.7 Å². The summed E-state index contributed by atoms with van der Waals surface area (Å²) >= 11 is 0. The Morgan fingerprint density at radius 3 is 2.79 bits per heavy atom. The molecular formula is C17H17FN4O2. The lowest BCUT2D eigenvalue weighted by molar-refractivity contribution is 0.235. The summed E-state index contributed by atoms with van der Waals surface area (Å²) in [5.41, 5.74) is 1.44. The Morgan fingerprint density at radius 1 is 1.29 bits per heavy atom. The first-order valence-corrected chi connectivity index (χ1v) is 7.50. The van der Waals surface area contributed by atoms with Gasteiger partial charge in [0.2, 0.25) is 0 Å². The van der Waals surface area contributed by atoms with E-state index in [4.69, 9.17) is 4.42 Å². The molecule has 2 aromatic heterocycles. The molecule has 0 spiro atoms. The van der Waals surface area contributed by atoms with Crippen molar-refractivity contribution < 1.29 is 13.6 Å². The number of amides is 2. The third kappa shape index (κ3) is 3.81. The maximum Gasteiger partial charge on any atom is 0.315 e. The number of halogens is 1. The summed E-state index contributed by atoms with van der Waals surface area (Å²) in [5.74, 6) is 0.390. The Hall–Kier alpha value is -3.09. The van der Waals surface area contributed by atoms with Crippen LogP contribution >= 0.6 is 0 Å². The topological polar surface area (TPSA) is 72.1 Å². The standard InChI is InChI=1S/C17H17FN4O2/c1-12(16-3-2-10-24-16)20-17(23)19-11-14-8-9-22(21-14)15-6-4-13(18)5-7-15/h2-10,12H,11H2,1H3,(H2,19,20,23)/t12-/m1/s1. The number of hydrogen-bond acceptors (Lipinski definition) is 3. The van der Waals surface area contributed by atoms with E-state index >= 15 is 0 Å². The number of benzene rings is 1. The van der Waals surface area contributed by atoms with Crippen molar-refractivity contribution in [3.8, 4) is 5.69 Å². The molecule has 0 fully saturated rings. The summed E-state index contributed by atoms with van der Waals surface area (Å²) in [6.45, 7) is 2.12. The van der Waals surface area contributed by atoms with Crippen molar-refractivity contribution in [1.82, 2.24) is 20.4 Å². The van der Waals surface area contributed by atoms with Crippen LogP contribution in [0.1, 0.15) is 24.4 Å². The first kappa shape index (κ1) is 15.8. The molecule has 7 heteroatoms. The lowest BCUT2D eigenvalue weighted by Gasteiger charge is -2.11. The number of nitrogens with zero attached hydrogens (tertiary/aromatic N) is 2. The molecule has 0 aliphatic rings. The molecule has 0 saturated carbocycles. The first-order valence-electron chi connectivity index (χ1n) is 7.50. The lowest BCUT2D eigenvalue weighted by atomic mass is 10.2. The normalized spacial score (nSPS) is 11.9. The van der Waals surface area contributed by atoms with Crippen molar-refractivity contribution >= 4 is 6.03 Å². The third-order valence-corrected chi connectivity index (χ3v) is 3.48. The van der Waals surface area contributed by atoms with Crippen molar-refractivity contribution in [2.45, 2.75) is 19.5 Å². The minimum Gasteiger partial charge on any atom is -0.467 e. The van der Waals surface area contributed by atoms with E-state index in [1.165, 1.54) is 12.1 Å². The molecule has 0 radical (unpaired) electrons. The van der Waals surface area contributed by atoms with Crippen molar-refractivity contribution in [2.24, 2.45) is 0 Å². The van der Waals surface area contributed by atoms with Crippen LogP contribution < -0.4 is 10.6 Å². The van der Waals surface area contributed by atoms with Crippen LogP contribution in [0.4, 0.5) is 9.18 Å². The maximum absolute atomic E-state index is 12.9. The molecule has 1 atom stereocenters. The zero-order valence-corrected chi connectivity index (χ0v) is 13.1. The summed E-state index contributed by atoms with van der Waals surface area (Å²) in [4.78, 5) is 11.9. The molecule has 0 unspecified atom stereocenters. The van der Waals surface area contributed by atoms with Gasteiger partial charge in [-0.05, 0) is 49.4 Å². The van der Waals surface area contributed by atoms with E-state index in [1.54, 1.807) is 47.5 Å². The van der Waals surface area contributed by atoms with Crippen LogP contribution in [0.15, 0.2) is 59.3 Å². The summed E-state index contributed by atoms with van der Waals surface area (Å²) in [6.07, 6.45) is 3.32. The average molecular weight is 328 g/mol.